The zero-order valence-electron chi connectivity index (χ0n) is 20.2. The van der Waals surface area contributed by atoms with E-state index in [0.717, 1.165) is 43.4 Å². The van der Waals surface area contributed by atoms with Gasteiger partial charge < -0.3 is 10.2 Å². The van der Waals surface area contributed by atoms with Crippen LogP contribution in [0.4, 0.5) is 4.39 Å². The van der Waals surface area contributed by atoms with Gasteiger partial charge in [0.25, 0.3) is 0 Å². The Hall–Kier alpha value is -0.410. The molecule has 0 unspecified atom stereocenters. The summed E-state index contributed by atoms with van der Waals surface area (Å²) in [5.74, 6) is 1.87. The number of hydrogen-bond acceptors (Lipinski definition) is 2. The molecule has 2 nitrogen and oxygen atoms in total. The molecule has 0 aromatic rings. The maximum Gasteiger partial charge on any atom is 0.203 e. The van der Waals surface area contributed by atoms with Crippen LogP contribution < -0.4 is 0 Å². The van der Waals surface area contributed by atoms with Gasteiger partial charge in [-0.05, 0) is 112 Å². The molecule has 0 radical (unpaired) electrons. The van der Waals surface area contributed by atoms with Gasteiger partial charge in [0, 0.05) is 6.42 Å². The second-order valence-corrected chi connectivity index (χ2v) is 12.8. The number of halogens is 1. The maximum absolute atomic E-state index is 13.7. The Kier molecular flexibility index (Phi) is 5.54. The standard InChI is InChI=1S/C27H45FO2/c1-17(9-12-27(6,28)30)20-7-8-21-23-18(2)15-19-16-24(3,29)13-14-25(19,4)22(23)10-11-26(20,21)5/h15,17-18,20-23,29-30H,7-14,16H2,1-6H3/t17-,18-,20-,21+,22+,23+,24+,25+,26-,27+/m1/s1. The van der Waals surface area contributed by atoms with E-state index in [0.29, 0.717) is 23.2 Å². The Morgan fingerprint density at radius 3 is 2.50 bits per heavy atom. The Morgan fingerprint density at radius 2 is 1.83 bits per heavy atom. The van der Waals surface area contributed by atoms with Crippen molar-refractivity contribution in [3.05, 3.63) is 11.6 Å². The number of hydrogen-bond donors (Lipinski definition) is 2. The van der Waals surface area contributed by atoms with E-state index in [2.05, 4.69) is 33.8 Å². The highest BCUT2D eigenvalue weighted by molar-refractivity contribution is 5.28. The largest absolute Gasteiger partial charge is 0.390 e. The van der Waals surface area contributed by atoms with Gasteiger partial charge in [0.1, 0.15) is 0 Å². The minimum Gasteiger partial charge on any atom is -0.390 e. The number of fused-ring (bicyclic) bond motifs is 5. The molecular weight excluding hydrogens is 375 g/mol. The summed E-state index contributed by atoms with van der Waals surface area (Å²) < 4.78 is 13.7. The van der Waals surface area contributed by atoms with Gasteiger partial charge in [0.15, 0.2) is 0 Å². The summed E-state index contributed by atoms with van der Waals surface area (Å²) in [6.07, 6.45) is 11.6. The van der Waals surface area contributed by atoms with Crippen LogP contribution in [0, 0.1) is 46.3 Å². The molecule has 30 heavy (non-hydrogen) atoms. The third-order valence-electron chi connectivity index (χ3n) is 10.5. The normalized spacial score (nSPS) is 51.2. The maximum atomic E-state index is 13.7. The lowest BCUT2D eigenvalue weighted by Crippen LogP contribution is -2.54. The van der Waals surface area contributed by atoms with Crippen LogP contribution in [0.15, 0.2) is 11.6 Å². The van der Waals surface area contributed by atoms with E-state index in [1.165, 1.54) is 38.2 Å². The van der Waals surface area contributed by atoms with Gasteiger partial charge in [-0.2, -0.15) is 0 Å². The van der Waals surface area contributed by atoms with Gasteiger partial charge in [0.2, 0.25) is 5.85 Å². The van der Waals surface area contributed by atoms with Gasteiger partial charge in [-0.15, -0.1) is 0 Å². The minimum absolute atomic E-state index is 0.248. The van der Waals surface area contributed by atoms with Crippen LogP contribution in [0.3, 0.4) is 0 Å². The van der Waals surface area contributed by atoms with Crippen molar-refractivity contribution in [3.63, 3.8) is 0 Å². The van der Waals surface area contributed by atoms with Crippen LogP contribution in [0.5, 0.6) is 0 Å². The fraction of sp³-hybridized carbons (Fsp3) is 0.926. The van der Waals surface area contributed by atoms with Gasteiger partial charge in [-0.25, -0.2) is 4.39 Å². The summed E-state index contributed by atoms with van der Waals surface area (Å²) in [4.78, 5) is 0. The molecule has 0 aromatic carbocycles. The third kappa shape index (κ3) is 3.70. The summed E-state index contributed by atoms with van der Waals surface area (Å²) in [6.45, 7) is 13.1. The zero-order valence-corrected chi connectivity index (χ0v) is 20.2. The molecule has 0 aromatic heterocycles. The van der Waals surface area contributed by atoms with Crippen LogP contribution in [0.25, 0.3) is 0 Å². The average molecular weight is 421 g/mol. The molecule has 3 heteroatoms. The van der Waals surface area contributed by atoms with Gasteiger partial charge >= 0.3 is 0 Å². The summed E-state index contributed by atoms with van der Waals surface area (Å²) in [5, 5.41) is 20.3. The first-order chi connectivity index (χ1) is 13.8. The van der Waals surface area contributed by atoms with Crippen molar-refractivity contribution in [3.8, 4) is 0 Å². The van der Waals surface area contributed by atoms with Crippen molar-refractivity contribution in [1.82, 2.24) is 0 Å². The lowest BCUT2D eigenvalue weighted by molar-refractivity contribution is -0.0933. The van der Waals surface area contributed by atoms with Crippen molar-refractivity contribution < 1.29 is 14.6 Å². The molecule has 4 aliphatic carbocycles. The SMILES string of the molecule is C[C@@H]1C=C2C[C@@](C)(O)CC[C@]2(C)[C@H]2CC[C@]3(C)[C@@H]([C@H](C)CC[C@](C)(O)F)CC[C@H]3[C@H]12. The Balaban J connectivity index is 1.57. The van der Waals surface area contributed by atoms with Crippen molar-refractivity contribution in [2.45, 2.75) is 111 Å². The molecule has 10 atom stereocenters. The van der Waals surface area contributed by atoms with Crippen molar-refractivity contribution >= 4 is 0 Å². The predicted octanol–water partition coefficient (Wildman–Crippen LogP) is 6.66. The lowest BCUT2D eigenvalue weighted by Gasteiger charge is -2.60. The van der Waals surface area contributed by atoms with E-state index in [1.807, 2.05) is 6.92 Å². The highest BCUT2D eigenvalue weighted by Crippen LogP contribution is 2.68. The molecule has 172 valence electrons. The number of allylic oxidation sites excluding steroid dienone is 1. The summed E-state index contributed by atoms with van der Waals surface area (Å²) in [5.41, 5.74) is 1.60. The molecule has 2 N–H and O–H groups in total. The molecule has 0 heterocycles. The van der Waals surface area contributed by atoms with Crippen molar-refractivity contribution in [1.29, 1.82) is 0 Å². The molecule has 3 fully saturated rings. The molecule has 0 saturated heterocycles. The second kappa shape index (κ2) is 7.30. The fourth-order valence-corrected chi connectivity index (χ4v) is 8.83. The quantitative estimate of drug-likeness (QED) is 0.499. The summed E-state index contributed by atoms with van der Waals surface area (Å²) >= 11 is 0. The van der Waals surface area contributed by atoms with Crippen LogP contribution in [-0.2, 0) is 0 Å². The fourth-order valence-electron chi connectivity index (χ4n) is 8.83. The molecule has 0 bridgehead atoms. The smallest absolute Gasteiger partial charge is 0.203 e. The van der Waals surface area contributed by atoms with Crippen LogP contribution in [0.2, 0.25) is 0 Å². The van der Waals surface area contributed by atoms with Crippen molar-refractivity contribution in [2.24, 2.45) is 46.3 Å². The highest BCUT2D eigenvalue weighted by Gasteiger charge is 2.61. The van der Waals surface area contributed by atoms with E-state index < -0.39 is 11.5 Å². The highest BCUT2D eigenvalue weighted by atomic mass is 19.2. The van der Waals surface area contributed by atoms with E-state index in [4.69, 9.17) is 0 Å². The van der Waals surface area contributed by atoms with E-state index in [9.17, 15) is 14.6 Å². The number of aliphatic hydroxyl groups is 2. The summed E-state index contributed by atoms with van der Waals surface area (Å²) in [7, 11) is 0. The van der Waals surface area contributed by atoms with Gasteiger partial charge in [-0.3, -0.25) is 0 Å². The van der Waals surface area contributed by atoms with Crippen LogP contribution in [-0.4, -0.2) is 21.7 Å². The first kappa shape index (κ1) is 22.8. The number of rotatable bonds is 4. The predicted molar refractivity (Wildman–Crippen MR) is 120 cm³/mol. The first-order valence-electron chi connectivity index (χ1n) is 12.6. The first-order valence-corrected chi connectivity index (χ1v) is 12.6. The van der Waals surface area contributed by atoms with E-state index >= 15 is 0 Å². The molecule has 4 rings (SSSR count). The third-order valence-corrected chi connectivity index (χ3v) is 10.5. The Bertz CT molecular complexity index is 691. The topological polar surface area (TPSA) is 40.5 Å². The summed E-state index contributed by atoms with van der Waals surface area (Å²) in [6, 6.07) is 0. The van der Waals surface area contributed by atoms with Gasteiger partial charge in [0.05, 0.1) is 5.60 Å². The average Bonchev–Trinajstić information content (AvgIpc) is 2.97. The molecule has 4 aliphatic rings. The second-order valence-electron chi connectivity index (χ2n) is 12.8. The Morgan fingerprint density at radius 1 is 1.13 bits per heavy atom. The van der Waals surface area contributed by atoms with E-state index in [-0.39, 0.29) is 11.8 Å². The Labute approximate surface area is 183 Å². The molecule has 0 spiro atoms. The number of alkyl halides is 1. The molecule has 0 aliphatic heterocycles. The van der Waals surface area contributed by atoms with Crippen LogP contribution >= 0.6 is 0 Å². The minimum atomic E-state index is -2.04. The molecule has 0 amide bonds. The molecule has 3 saturated carbocycles. The lowest BCUT2D eigenvalue weighted by atomic mass is 9.44. The molecular formula is C27H45FO2. The van der Waals surface area contributed by atoms with Gasteiger partial charge in [-0.1, -0.05) is 39.3 Å². The zero-order chi connectivity index (χ0) is 22.1. The monoisotopic (exact) mass is 420 g/mol. The van der Waals surface area contributed by atoms with Crippen molar-refractivity contribution in [2.75, 3.05) is 0 Å². The van der Waals surface area contributed by atoms with E-state index in [1.54, 1.807) is 0 Å². The van der Waals surface area contributed by atoms with Crippen LogP contribution in [0.1, 0.15) is 99.3 Å².